The topological polar surface area (TPSA) is 32.3 Å². The van der Waals surface area contributed by atoms with Crippen LogP contribution in [0.4, 0.5) is 4.39 Å². The average Bonchev–Trinajstić information content (AvgIpc) is 2.64. The lowest BCUT2D eigenvalue weighted by Gasteiger charge is -2.40. The maximum atomic E-state index is 14.0. The van der Waals surface area contributed by atoms with Gasteiger partial charge in [-0.15, -0.1) is 0 Å². The van der Waals surface area contributed by atoms with Crippen molar-refractivity contribution in [3.8, 4) is 0 Å². The summed E-state index contributed by atoms with van der Waals surface area (Å²) in [5.41, 5.74) is 1.38. The summed E-state index contributed by atoms with van der Waals surface area (Å²) >= 11 is 0. The van der Waals surface area contributed by atoms with Crippen LogP contribution >= 0.6 is 0 Å². The molecule has 0 heterocycles. The van der Waals surface area contributed by atoms with Crippen molar-refractivity contribution in [2.75, 3.05) is 14.1 Å². The Balaban J connectivity index is 1.83. The zero-order valence-corrected chi connectivity index (χ0v) is 15.5. The van der Waals surface area contributed by atoms with Gasteiger partial charge in [-0.2, -0.15) is 0 Å². The standard InChI is InChI=1S/C22H27FN2O/c1-25(2)21(16-10-4-3-5-11-16)18-13-7-9-15-20(18)24-22(26)17-12-6-8-14-19(17)23/h3-6,8,10-12,14,18,20-21H,7,9,13,15H2,1-2H3,(H,24,26). The number of hydrogen-bond donors (Lipinski definition) is 1. The first-order chi connectivity index (χ1) is 12.6. The zero-order valence-electron chi connectivity index (χ0n) is 15.5. The van der Waals surface area contributed by atoms with Crippen LogP contribution in [0.1, 0.15) is 47.6 Å². The number of benzene rings is 2. The van der Waals surface area contributed by atoms with Crippen molar-refractivity contribution in [2.45, 2.75) is 37.8 Å². The number of rotatable bonds is 5. The highest BCUT2D eigenvalue weighted by Gasteiger charge is 2.35. The minimum Gasteiger partial charge on any atom is -0.349 e. The van der Waals surface area contributed by atoms with E-state index < -0.39 is 5.82 Å². The molecule has 1 saturated carbocycles. The van der Waals surface area contributed by atoms with E-state index in [-0.39, 0.29) is 23.6 Å². The number of hydrogen-bond acceptors (Lipinski definition) is 2. The quantitative estimate of drug-likeness (QED) is 0.862. The lowest BCUT2D eigenvalue weighted by molar-refractivity contribution is 0.0841. The van der Waals surface area contributed by atoms with Crippen molar-refractivity contribution in [1.29, 1.82) is 0 Å². The molecule has 0 aromatic heterocycles. The van der Waals surface area contributed by atoms with Crippen molar-refractivity contribution >= 4 is 5.91 Å². The molecule has 1 amide bonds. The third kappa shape index (κ3) is 4.13. The van der Waals surface area contributed by atoms with Crippen molar-refractivity contribution in [3.63, 3.8) is 0 Å². The molecule has 0 bridgehead atoms. The van der Waals surface area contributed by atoms with Gasteiger partial charge in [-0.3, -0.25) is 4.79 Å². The third-order valence-electron chi connectivity index (χ3n) is 5.36. The first-order valence-electron chi connectivity index (χ1n) is 9.34. The summed E-state index contributed by atoms with van der Waals surface area (Å²) in [4.78, 5) is 14.9. The predicted octanol–water partition coefficient (Wildman–Crippen LogP) is 4.42. The lowest BCUT2D eigenvalue weighted by atomic mass is 9.77. The summed E-state index contributed by atoms with van der Waals surface area (Å²) in [5.74, 6) is -0.480. The zero-order chi connectivity index (χ0) is 18.5. The summed E-state index contributed by atoms with van der Waals surface area (Å²) in [7, 11) is 4.17. The van der Waals surface area contributed by atoms with E-state index in [0.29, 0.717) is 5.92 Å². The van der Waals surface area contributed by atoms with Gasteiger partial charge in [0, 0.05) is 12.1 Å². The van der Waals surface area contributed by atoms with Crippen molar-refractivity contribution in [2.24, 2.45) is 5.92 Å². The Hall–Kier alpha value is -2.20. The molecule has 2 aromatic carbocycles. The van der Waals surface area contributed by atoms with Crippen LogP contribution in [-0.4, -0.2) is 30.9 Å². The molecule has 3 rings (SSSR count). The molecular weight excluding hydrogens is 327 g/mol. The Morgan fingerprint density at radius 3 is 2.38 bits per heavy atom. The molecule has 3 nitrogen and oxygen atoms in total. The number of carbonyl (C=O) groups excluding carboxylic acids is 1. The molecule has 4 heteroatoms. The highest BCUT2D eigenvalue weighted by Crippen LogP contribution is 2.37. The van der Waals surface area contributed by atoms with Crippen LogP contribution in [0.15, 0.2) is 54.6 Å². The van der Waals surface area contributed by atoms with Crippen molar-refractivity contribution in [1.82, 2.24) is 10.2 Å². The number of halogens is 1. The van der Waals surface area contributed by atoms with Crippen LogP contribution in [0.25, 0.3) is 0 Å². The van der Waals surface area contributed by atoms with Gasteiger partial charge in [-0.05, 0) is 50.6 Å². The van der Waals surface area contributed by atoms with E-state index >= 15 is 0 Å². The number of amides is 1. The maximum absolute atomic E-state index is 14.0. The molecule has 0 spiro atoms. The molecule has 0 radical (unpaired) electrons. The average molecular weight is 354 g/mol. The highest BCUT2D eigenvalue weighted by molar-refractivity contribution is 5.94. The molecule has 0 aliphatic heterocycles. The van der Waals surface area contributed by atoms with Gasteiger partial charge in [-0.25, -0.2) is 4.39 Å². The molecule has 2 aromatic rings. The largest absolute Gasteiger partial charge is 0.349 e. The molecule has 0 saturated heterocycles. The summed E-state index contributed by atoms with van der Waals surface area (Å²) < 4.78 is 14.0. The van der Waals surface area contributed by atoms with Crippen LogP contribution < -0.4 is 5.32 Å². The first-order valence-corrected chi connectivity index (χ1v) is 9.34. The Morgan fingerprint density at radius 1 is 1.04 bits per heavy atom. The van der Waals surface area contributed by atoms with E-state index in [1.165, 1.54) is 11.6 Å². The van der Waals surface area contributed by atoms with Gasteiger partial charge in [0.15, 0.2) is 0 Å². The fraction of sp³-hybridized carbons (Fsp3) is 0.409. The fourth-order valence-corrected chi connectivity index (χ4v) is 4.19. The molecule has 3 unspecified atom stereocenters. The van der Waals surface area contributed by atoms with Crippen LogP contribution in [0, 0.1) is 11.7 Å². The maximum Gasteiger partial charge on any atom is 0.254 e. The van der Waals surface area contributed by atoms with Crippen molar-refractivity contribution < 1.29 is 9.18 Å². The van der Waals surface area contributed by atoms with E-state index in [1.807, 2.05) is 6.07 Å². The Labute approximate surface area is 155 Å². The van der Waals surface area contributed by atoms with Crippen LogP contribution in [0.2, 0.25) is 0 Å². The first kappa shape index (κ1) is 18.6. The van der Waals surface area contributed by atoms with Gasteiger partial charge in [-0.1, -0.05) is 55.3 Å². The molecule has 3 atom stereocenters. The van der Waals surface area contributed by atoms with Crippen LogP contribution in [0.3, 0.4) is 0 Å². The van der Waals surface area contributed by atoms with E-state index in [0.717, 1.165) is 25.7 Å². The van der Waals surface area contributed by atoms with E-state index in [9.17, 15) is 9.18 Å². The lowest BCUT2D eigenvalue weighted by Crippen LogP contribution is -2.47. The molecule has 1 fully saturated rings. The fourth-order valence-electron chi connectivity index (χ4n) is 4.19. The van der Waals surface area contributed by atoms with Crippen LogP contribution in [-0.2, 0) is 0 Å². The van der Waals surface area contributed by atoms with E-state index in [2.05, 4.69) is 48.6 Å². The van der Waals surface area contributed by atoms with E-state index in [1.54, 1.807) is 18.2 Å². The third-order valence-corrected chi connectivity index (χ3v) is 5.36. The normalized spacial score (nSPS) is 21.4. The van der Waals surface area contributed by atoms with E-state index in [4.69, 9.17) is 0 Å². The Bertz CT molecular complexity index is 732. The SMILES string of the molecule is CN(C)C(c1ccccc1)C1CCCCC1NC(=O)c1ccccc1F. The molecule has 26 heavy (non-hydrogen) atoms. The second-order valence-corrected chi connectivity index (χ2v) is 7.33. The highest BCUT2D eigenvalue weighted by atomic mass is 19.1. The Kier molecular flexibility index (Phi) is 6.04. The van der Waals surface area contributed by atoms with Gasteiger partial charge in [0.2, 0.25) is 0 Å². The summed E-state index contributed by atoms with van der Waals surface area (Å²) in [5, 5.41) is 3.13. The minimum atomic E-state index is -0.468. The van der Waals surface area contributed by atoms with Gasteiger partial charge in [0.25, 0.3) is 5.91 Å². The molecule has 1 aliphatic carbocycles. The molecular formula is C22H27FN2O. The van der Waals surface area contributed by atoms with Crippen LogP contribution in [0.5, 0.6) is 0 Å². The smallest absolute Gasteiger partial charge is 0.254 e. The monoisotopic (exact) mass is 354 g/mol. The summed E-state index contributed by atoms with van der Waals surface area (Å²) in [6.07, 6.45) is 4.24. The molecule has 138 valence electrons. The van der Waals surface area contributed by atoms with Crippen molar-refractivity contribution in [3.05, 3.63) is 71.5 Å². The summed E-state index contributed by atoms with van der Waals surface area (Å²) in [6, 6.07) is 16.9. The number of nitrogens with zero attached hydrogens (tertiary/aromatic N) is 1. The predicted molar refractivity (Wildman–Crippen MR) is 102 cm³/mol. The number of carbonyl (C=O) groups is 1. The molecule has 1 aliphatic rings. The number of nitrogens with one attached hydrogen (secondary N) is 1. The second-order valence-electron chi connectivity index (χ2n) is 7.33. The van der Waals surface area contributed by atoms with Gasteiger partial charge >= 0.3 is 0 Å². The van der Waals surface area contributed by atoms with Gasteiger partial charge in [0.1, 0.15) is 5.82 Å². The van der Waals surface area contributed by atoms with Gasteiger partial charge in [0.05, 0.1) is 5.56 Å². The second kappa shape index (κ2) is 8.45. The minimum absolute atomic E-state index is 0.0449. The molecule has 1 N–H and O–H groups in total. The Morgan fingerprint density at radius 2 is 1.69 bits per heavy atom. The van der Waals surface area contributed by atoms with Gasteiger partial charge < -0.3 is 10.2 Å². The summed E-state index contributed by atoms with van der Waals surface area (Å²) in [6.45, 7) is 0.